The summed E-state index contributed by atoms with van der Waals surface area (Å²) < 4.78 is 5.90. The number of hydrogen-bond donors (Lipinski definition) is 4. The van der Waals surface area contributed by atoms with Gasteiger partial charge in [0, 0.05) is 25.4 Å². The molecule has 0 unspecified atom stereocenters. The van der Waals surface area contributed by atoms with E-state index in [1.807, 2.05) is 42.5 Å². The summed E-state index contributed by atoms with van der Waals surface area (Å²) in [5.74, 6) is -3.91. The molecule has 13 nitrogen and oxygen atoms in total. The molecule has 5 atom stereocenters. The van der Waals surface area contributed by atoms with Gasteiger partial charge in [0.1, 0.15) is 36.3 Å². The first-order valence-corrected chi connectivity index (χ1v) is 17.7. The number of amides is 6. The zero-order valence-corrected chi connectivity index (χ0v) is 30.5. The maximum atomic E-state index is 14.2. The lowest BCUT2D eigenvalue weighted by atomic mass is 10.0. The topological polar surface area (TPSA) is 170 Å². The molecule has 13 heteroatoms. The van der Waals surface area contributed by atoms with E-state index < -0.39 is 72.2 Å². The zero-order valence-electron chi connectivity index (χ0n) is 30.5. The van der Waals surface area contributed by atoms with Crippen molar-refractivity contribution in [3.63, 3.8) is 0 Å². The van der Waals surface area contributed by atoms with Crippen LogP contribution in [-0.4, -0.2) is 89.5 Å². The number of nitrogens with zero attached hydrogens (tertiary/aromatic N) is 2. The third kappa shape index (κ3) is 9.47. The van der Waals surface area contributed by atoms with Crippen molar-refractivity contribution in [1.82, 2.24) is 31.1 Å². The summed E-state index contributed by atoms with van der Waals surface area (Å²) in [6.07, 6.45) is 0.0965. The minimum Gasteiger partial charge on any atom is -0.451 e. The van der Waals surface area contributed by atoms with Crippen LogP contribution in [0.3, 0.4) is 0 Å². The molecule has 5 rings (SSSR count). The normalized spacial score (nSPS) is 22.8. The number of hydrogen-bond acceptors (Lipinski definition) is 7. The molecule has 1 saturated heterocycles. The second-order valence-corrected chi connectivity index (χ2v) is 13.7. The van der Waals surface area contributed by atoms with E-state index in [1.54, 1.807) is 62.4 Å². The first kappa shape index (κ1) is 38.3. The van der Waals surface area contributed by atoms with Crippen LogP contribution >= 0.6 is 0 Å². The van der Waals surface area contributed by atoms with Gasteiger partial charge in [0.05, 0.1) is 6.04 Å². The van der Waals surface area contributed by atoms with Crippen molar-refractivity contribution in [3.8, 4) is 0 Å². The van der Waals surface area contributed by atoms with E-state index in [0.717, 1.165) is 5.56 Å². The van der Waals surface area contributed by atoms with Crippen LogP contribution in [0.4, 0.5) is 0 Å². The summed E-state index contributed by atoms with van der Waals surface area (Å²) in [5.41, 5.74) is 1.87. The molecule has 1 aliphatic rings. The van der Waals surface area contributed by atoms with E-state index in [0.29, 0.717) is 16.5 Å². The Morgan fingerprint density at radius 1 is 0.792 bits per heavy atom. The van der Waals surface area contributed by atoms with E-state index in [4.69, 9.17) is 4.42 Å². The van der Waals surface area contributed by atoms with Gasteiger partial charge in [-0.15, -0.1) is 0 Å². The summed E-state index contributed by atoms with van der Waals surface area (Å²) in [4.78, 5) is 85.5. The molecule has 1 fully saturated rings. The third-order valence-corrected chi connectivity index (χ3v) is 9.40. The van der Waals surface area contributed by atoms with Crippen LogP contribution in [0.15, 0.2) is 95.4 Å². The summed E-state index contributed by atoms with van der Waals surface area (Å²) in [7, 11) is 1.45. The molecule has 0 aliphatic carbocycles. The summed E-state index contributed by atoms with van der Waals surface area (Å²) >= 11 is 0. The number of para-hydroxylation sites is 1. The molecule has 3 aromatic carbocycles. The molecule has 0 saturated carbocycles. The zero-order chi connectivity index (χ0) is 38.2. The van der Waals surface area contributed by atoms with E-state index in [-0.39, 0.29) is 24.6 Å². The Morgan fingerprint density at radius 2 is 1.43 bits per heavy atom. The van der Waals surface area contributed by atoms with Crippen LogP contribution in [0, 0.1) is 5.92 Å². The van der Waals surface area contributed by atoms with Crippen LogP contribution in [0.1, 0.15) is 55.4 Å². The highest BCUT2D eigenvalue weighted by molar-refractivity contribution is 5.99. The summed E-state index contributed by atoms with van der Waals surface area (Å²) in [5, 5.41) is 11.9. The van der Waals surface area contributed by atoms with Gasteiger partial charge in [-0.3, -0.25) is 28.8 Å². The van der Waals surface area contributed by atoms with Crippen molar-refractivity contribution in [2.75, 3.05) is 20.1 Å². The average molecular weight is 723 g/mol. The summed E-state index contributed by atoms with van der Waals surface area (Å²) in [6, 6.07) is 21.6. The van der Waals surface area contributed by atoms with Crippen LogP contribution in [0.2, 0.25) is 0 Å². The highest BCUT2D eigenvalue weighted by atomic mass is 16.3. The number of carbonyl (C=O) groups excluding carboxylic acids is 6. The molecular weight excluding hydrogens is 676 g/mol. The van der Waals surface area contributed by atoms with Gasteiger partial charge in [0.25, 0.3) is 5.91 Å². The monoisotopic (exact) mass is 722 g/mol. The second-order valence-electron chi connectivity index (χ2n) is 13.7. The van der Waals surface area contributed by atoms with Crippen molar-refractivity contribution in [2.45, 2.75) is 64.3 Å². The first-order valence-electron chi connectivity index (χ1n) is 17.7. The molecule has 2 heterocycles. The van der Waals surface area contributed by atoms with Gasteiger partial charge in [0.15, 0.2) is 5.76 Å². The Balaban J connectivity index is 1.56. The Morgan fingerprint density at radius 3 is 2.09 bits per heavy atom. The largest absolute Gasteiger partial charge is 0.451 e. The van der Waals surface area contributed by atoms with Gasteiger partial charge in [-0.05, 0) is 43.0 Å². The molecular formula is C40H46N6O7. The lowest BCUT2D eigenvalue weighted by molar-refractivity contribution is -0.142. The number of benzene rings is 3. The molecule has 53 heavy (non-hydrogen) atoms. The average Bonchev–Trinajstić information content (AvgIpc) is 3.59. The number of nitrogens with one attached hydrogen (secondary N) is 4. The Bertz CT molecular complexity index is 1910. The minimum atomic E-state index is -1.12. The van der Waals surface area contributed by atoms with Crippen LogP contribution < -0.4 is 21.3 Å². The van der Waals surface area contributed by atoms with Crippen molar-refractivity contribution < 1.29 is 33.2 Å². The predicted molar refractivity (Wildman–Crippen MR) is 198 cm³/mol. The fraction of sp³-hybridized carbons (Fsp3) is 0.350. The lowest BCUT2D eigenvalue weighted by Gasteiger charge is -2.32. The van der Waals surface area contributed by atoms with E-state index in [2.05, 4.69) is 21.3 Å². The number of fused-ring (bicyclic) bond motifs is 1. The highest BCUT2D eigenvalue weighted by Crippen LogP contribution is 2.22. The van der Waals surface area contributed by atoms with Gasteiger partial charge in [0.2, 0.25) is 29.5 Å². The first-order chi connectivity index (χ1) is 25.3. The molecule has 4 N–H and O–H groups in total. The van der Waals surface area contributed by atoms with Crippen LogP contribution in [0.5, 0.6) is 0 Å². The van der Waals surface area contributed by atoms with Crippen molar-refractivity contribution in [1.29, 1.82) is 0 Å². The number of rotatable bonds is 5. The second kappa shape index (κ2) is 17.0. The lowest BCUT2D eigenvalue weighted by Crippen LogP contribution is -2.59. The molecule has 278 valence electrons. The van der Waals surface area contributed by atoms with Gasteiger partial charge < -0.3 is 35.5 Å². The fourth-order valence-electron chi connectivity index (χ4n) is 6.15. The van der Waals surface area contributed by atoms with Gasteiger partial charge in [-0.1, -0.05) is 92.7 Å². The number of carbonyl (C=O) groups is 6. The summed E-state index contributed by atoms with van der Waals surface area (Å²) in [6.45, 7) is 5.88. The minimum absolute atomic E-state index is 0.0175. The molecule has 0 radical (unpaired) electrons. The Kier molecular flexibility index (Phi) is 12.3. The molecule has 6 amide bonds. The Labute approximate surface area is 308 Å². The molecule has 0 spiro atoms. The van der Waals surface area contributed by atoms with Crippen molar-refractivity contribution >= 4 is 46.4 Å². The highest BCUT2D eigenvalue weighted by Gasteiger charge is 2.35. The molecule has 0 bridgehead atoms. The predicted octanol–water partition coefficient (Wildman–Crippen LogP) is 2.97. The number of likely N-dealkylation sites (N-methyl/N-ethyl adjacent to an activating group) is 1. The Hall–Kier alpha value is -5.98. The van der Waals surface area contributed by atoms with E-state index in [9.17, 15) is 28.8 Å². The van der Waals surface area contributed by atoms with Gasteiger partial charge >= 0.3 is 0 Å². The van der Waals surface area contributed by atoms with Gasteiger partial charge in [-0.25, -0.2) is 0 Å². The third-order valence-electron chi connectivity index (χ3n) is 9.40. The smallest absolute Gasteiger partial charge is 0.290 e. The maximum absolute atomic E-state index is 14.2. The molecule has 4 aromatic rings. The number of furan rings is 1. The van der Waals surface area contributed by atoms with Gasteiger partial charge in [-0.2, -0.15) is 0 Å². The quantitative estimate of drug-likeness (QED) is 0.246. The van der Waals surface area contributed by atoms with E-state index >= 15 is 0 Å². The maximum Gasteiger partial charge on any atom is 0.290 e. The SMILES string of the molecule is CC(C)[C@H]1NC(=O)[C@H](C)N(C)C(=O)[C@H](Cc2ccccc2)NC(=O)CN(C(=O)c2cc3ccccc3o2)C[C@@H](c2ccccc2)NC(=O)[C@H](C)NC1=O. The molecule has 1 aliphatic heterocycles. The van der Waals surface area contributed by atoms with Crippen LogP contribution in [0.25, 0.3) is 11.0 Å². The van der Waals surface area contributed by atoms with Crippen LogP contribution in [-0.2, 0) is 30.4 Å². The molecule has 1 aromatic heterocycles. The van der Waals surface area contributed by atoms with Crippen molar-refractivity contribution in [3.05, 3.63) is 108 Å². The van der Waals surface area contributed by atoms with Crippen molar-refractivity contribution in [2.24, 2.45) is 5.92 Å². The fourth-order valence-corrected chi connectivity index (χ4v) is 6.15. The van der Waals surface area contributed by atoms with E-state index in [1.165, 1.54) is 30.7 Å². The standard InChI is InChI=1S/C40H46N6O7/c1-24(2)35-38(50)41-25(3)36(48)43-31(28-16-10-7-11-17-28)22-46(40(52)33-21-29-18-12-13-19-32(29)53-33)23-34(47)42-30(20-27-14-8-6-9-15-27)39(51)45(5)26(4)37(49)44-35/h6-19,21,24-26,30-31,35H,20,22-23H2,1-5H3,(H,41,50)(H,42,47)(H,43,48)(H,44,49)/t25-,26-,30-,31-,35+/m0/s1.